The summed E-state index contributed by atoms with van der Waals surface area (Å²) in [6.45, 7) is 3.03. The molecule has 0 amide bonds. The smallest absolute Gasteiger partial charge is 0.309 e. The first kappa shape index (κ1) is 6.93. The van der Waals surface area contributed by atoms with Crippen LogP contribution in [0.2, 0.25) is 0 Å². The largest absolute Gasteiger partial charge is 0.465 e. The summed E-state index contributed by atoms with van der Waals surface area (Å²) < 4.78 is 5.17. The number of rotatable bonds is 0. The van der Waals surface area contributed by atoms with E-state index in [1.807, 2.05) is 0 Å². The number of hydrogen-bond donors (Lipinski definition) is 0. The molecular formula is C10H14O2. The predicted octanol–water partition coefficient (Wildman–Crippen LogP) is 1.45. The molecule has 66 valence electrons. The lowest BCUT2D eigenvalue weighted by Crippen LogP contribution is -2.40. The Bertz CT molecular complexity index is 236. The maximum atomic E-state index is 11.3. The van der Waals surface area contributed by atoms with Crippen molar-refractivity contribution in [1.82, 2.24) is 0 Å². The first-order valence-corrected chi connectivity index (χ1v) is 4.94. The minimum absolute atomic E-state index is 0.0886. The van der Waals surface area contributed by atoms with Gasteiger partial charge in [-0.1, -0.05) is 6.92 Å². The zero-order chi connectivity index (χ0) is 8.29. The summed E-state index contributed by atoms with van der Waals surface area (Å²) in [6, 6.07) is 0. The van der Waals surface area contributed by atoms with Gasteiger partial charge in [0.1, 0.15) is 0 Å². The fourth-order valence-corrected chi connectivity index (χ4v) is 3.58. The Morgan fingerprint density at radius 2 is 2.17 bits per heavy atom. The molecule has 2 aliphatic carbocycles. The van der Waals surface area contributed by atoms with E-state index >= 15 is 0 Å². The molecule has 2 heteroatoms. The van der Waals surface area contributed by atoms with Gasteiger partial charge in [0.15, 0.2) is 0 Å². The Labute approximate surface area is 72.3 Å². The van der Waals surface area contributed by atoms with Gasteiger partial charge in [-0.25, -0.2) is 0 Å². The second kappa shape index (κ2) is 2.04. The summed E-state index contributed by atoms with van der Waals surface area (Å²) in [5.41, 5.74) is 0. The van der Waals surface area contributed by atoms with Crippen LogP contribution in [-0.2, 0) is 9.53 Å². The number of ether oxygens (including phenoxy) is 1. The number of hydrogen-bond acceptors (Lipinski definition) is 2. The number of carbonyl (C=O) groups excluding carboxylic acids is 1. The molecule has 0 aromatic rings. The Hall–Kier alpha value is -0.530. The lowest BCUT2D eigenvalue weighted by atomic mass is 9.74. The Kier molecular flexibility index (Phi) is 1.18. The molecule has 3 fully saturated rings. The molecule has 12 heavy (non-hydrogen) atoms. The molecule has 4 unspecified atom stereocenters. The van der Waals surface area contributed by atoms with E-state index in [1.54, 1.807) is 0 Å². The number of carbonyl (C=O) groups is 1. The van der Waals surface area contributed by atoms with Crippen molar-refractivity contribution in [1.29, 1.82) is 0 Å². The van der Waals surface area contributed by atoms with E-state index in [4.69, 9.17) is 4.74 Å². The minimum atomic E-state index is 0.0886. The highest BCUT2D eigenvalue weighted by Crippen LogP contribution is 2.57. The molecule has 3 aliphatic rings. The van der Waals surface area contributed by atoms with Crippen molar-refractivity contribution in [2.24, 2.45) is 29.6 Å². The predicted molar refractivity (Wildman–Crippen MR) is 43.3 cm³/mol. The average molecular weight is 166 g/mol. The minimum Gasteiger partial charge on any atom is -0.465 e. The highest BCUT2D eigenvalue weighted by atomic mass is 16.5. The maximum Gasteiger partial charge on any atom is 0.309 e. The number of fused-ring (bicyclic) bond motifs is 1. The van der Waals surface area contributed by atoms with Crippen molar-refractivity contribution >= 4 is 5.97 Å². The molecule has 3 rings (SSSR count). The van der Waals surface area contributed by atoms with E-state index in [1.165, 1.54) is 6.42 Å². The normalized spacial score (nSPS) is 55.8. The van der Waals surface area contributed by atoms with Gasteiger partial charge in [0.2, 0.25) is 0 Å². The van der Waals surface area contributed by atoms with Crippen LogP contribution >= 0.6 is 0 Å². The van der Waals surface area contributed by atoms with Crippen molar-refractivity contribution < 1.29 is 9.53 Å². The van der Waals surface area contributed by atoms with Crippen molar-refractivity contribution in [3.8, 4) is 0 Å². The van der Waals surface area contributed by atoms with Gasteiger partial charge in [0.05, 0.1) is 12.5 Å². The maximum absolute atomic E-state index is 11.3. The van der Waals surface area contributed by atoms with Gasteiger partial charge in [-0.3, -0.25) is 4.79 Å². The van der Waals surface area contributed by atoms with Gasteiger partial charge in [-0.05, 0) is 36.5 Å². The average Bonchev–Trinajstić information content (AvgIpc) is 2.58. The van der Waals surface area contributed by atoms with Crippen LogP contribution in [0.1, 0.15) is 19.8 Å². The summed E-state index contributed by atoms with van der Waals surface area (Å²) in [4.78, 5) is 11.3. The molecule has 0 radical (unpaired) electrons. The lowest BCUT2D eigenvalue weighted by molar-refractivity contribution is -0.163. The molecule has 0 N–H and O–H groups in total. The van der Waals surface area contributed by atoms with Gasteiger partial charge in [-0.2, -0.15) is 0 Å². The summed E-state index contributed by atoms with van der Waals surface area (Å²) in [5.74, 6) is 3.39. The third-order valence-corrected chi connectivity index (χ3v) is 4.34. The third kappa shape index (κ3) is 0.644. The third-order valence-electron chi connectivity index (χ3n) is 4.34. The molecule has 5 atom stereocenters. The lowest BCUT2D eigenvalue weighted by Gasteiger charge is -2.37. The second-order valence-corrected chi connectivity index (χ2v) is 4.65. The van der Waals surface area contributed by atoms with Gasteiger partial charge in [0.25, 0.3) is 0 Å². The molecule has 1 heterocycles. The molecule has 2 nitrogen and oxygen atoms in total. The fraction of sp³-hybridized carbons (Fsp3) is 0.900. The topological polar surface area (TPSA) is 26.3 Å². The van der Waals surface area contributed by atoms with Crippen LogP contribution < -0.4 is 0 Å². The van der Waals surface area contributed by atoms with Crippen molar-refractivity contribution in [3.63, 3.8) is 0 Å². The Balaban J connectivity index is 1.95. The van der Waals surface area contributed by atoms with E-state index in [2.05, 4.69) is 6.92 Å². The zero-order valence-corrected chi connectivity index (χ0v) is 7.32. The molecule has 1 saturated heterocycles. The van der Waals surface area contributed by atoms with Crippen molar-refractivity contribution in [2.45, 2.75) is 19.8 Å². The number of cyclic esters (lactones) is 1. The van der Waals surface area contributed by atoms with E-state index in [9.17, 15) is 4.79 Å². The highest BCUT2D eigenvalue weighted by Gasteiger charge is 2.56. The van der Waals surface area contributed by atoms with Crippen molar-refractivity contribution in [2.75, 3.05) is 6.61 Å². The van der Waals surface area contributed by atoms with E-state index in [-0.39, 0.29) is 11.9 Å². The molecule has 0 aromatic heterocycles. The quantitative estimate of drug-likeness (QED) is 0.509. The van der Waals surface area contributed by atoms with E-state index in [0.29, 0.717) is 18.4 Å². The molecule has 2 saturated carbocycles. The van der Waals surface area contributed by atoms with Gasteiger partial charge < -0.3 is 4.74 Å². The first-order valence-electron chi connectivity index (χ1n) is 4.94. The van der Waals surface area contributed by atoms with Crippen LogP contribution in [0, 0.1) is 29.6 Å². The first-order chi connectivity index (χ1) is 5.77. The fourth-order valence-electron chi connectivity index (χ4n) is 3.58. The summed E-state index contributed by atoms with van der Waals surface area (Å²) in [7, 11) is 0. The molecule has 2 bridgehead atoms. The van der Waals surface area contributed by atoms with Gasteiger partial charge in [-0.15, -0.1) is 0 Å². The van der Waals surface area contributed by atoms with Gasteiger partial charge >= 0.3 is 5.97 Å². The number of esters is 1. The monoisotopic (exact) mass is 166 g/mol. The highest BCUT2D eigenvalue weighted by molar-refractivity contribution is 5.74. The summed E-state index contributed by atoms with van der Waals surface area (Å²) in [5, 5.41) is 0. The molecule has 0 aromatic carbocycles. The van der Waals surface area contributed by atoms with E-state index < -0.39 is 0 Å². The second-order valence-electron chi connectivity index (χ2n) is 4.65. The Morgan fingerprint density at radius 3 is 2.92 bits per heavy atom. The van der Waals surface area contributed by atoms with Crippen LogP contribution in [0.5, 0.6) is 0 Å². The van der Waals surface area contributed by atoms with Crippen molar-refractivity contribution in [3.05, 3.63) is 0 Å². The SMILES string of the molecule is C[C@H]1C2CC3C(=O)OCC1C3C2. The van der Waals surface area contributed by atoms with Crippen LogP contribution in [0.15, 0.2) is 0 Å². The summed E-state index contributed by atoms with van der Waals surface area (Å²) >= 11 is 0. The van der Waals surface area contributed by atoms with E-state index in [0.717, 1.165) is 18.3 Å². The van der Waals surface area contributed by atoms with Crippen LogP contribution in [0.4, 0.5) is 0 Å². The van der Waals surface area contributed by atoms with Crippen LogP contribution in [0.25, 0.3) is 0 Å². The van der Waals surface area contributed by atoms with Crippen LogP contribution in [-0.4, -0.2) is 12.6 Å². The molecule has 1 aliphatic heterocycles. The summed E-state index contributed by atoms with van der Waals surface area (Å²) in [6.07, 6.45) is 2.41. The van der Waals surface area contributed by atoms with Crippen LogP contribution in [0.3, 0.4) is 0 Å². The van der Waals surface area contributed by atoms with Gasteiger partial charge in [0, 0.05) is 0 Å². The molecular weight excluding hydrogens is 152 g/mol. The molecule has 0 spiro atoms. The Morgan fingerprint density at radius 1 is 1.33 bits per heavy atom. The zero-order valence-electron chi connectivity index (χ0n) is 7.32. The standard InChI is InChI=1S/C10H14O2/c1-5-6-2-7-8(3-6)10(11)12-4-9(5)7/h5-9H,2-4H2,1H3/t5-,6?,7?,8?,9?/m0/s1.